The van der Waals surface area contributed by atoms with Crippen LogP contribution in [0.5, 0.6) is 11.5 Å². The second-order valence-electron chi connectivity index (χ2n) is 6.43. The molecule has 6 heteroatoms. The predicted octanol–water partition coefficient (Wildman–Crippen LogP) is 3.99. The van der Waals surface area contributed by atoms with E-state index >= 15 is 0 Å². The maximum absolute atomic E-state index is 12.9. The van der Waals surface area contributed by atoms with Crippen LogP contribution in [0.4, 0.5) is 4.39 Å². The van der Waals surface area contributed by atoms with Crippen molar-refractivity contribution in [2.24, 2.45) is 0 Å². The Morgan fingerprint density at radius 1 is 1.25 bits per heavy atom. The minimum absolute atomic E-state index is 0.103. The summed E-state index contributed by atoms with van der Waals surface area (Å²) in [6, 6.07) is 8.81. The fraction of sp³-hybridized carbons (Fsp3) is 0.273. The zero-order valence-electron chi connectivity index (χ0n) is 15.7. The molecule has 2 aromatic carbocycles. The number of ketones is 1. The Kier molecular flexibility index (Phi) is 6.09. The summed E-state index contributed by atoms with van der Waals surface area (Å²) < 4.78 is 29.3. The summed E-state index contributed by atoms with van der Waals surface area (Å²) in [6.07, 6.45) is 3.72. The van der Waals surface area contributed by atoms with Gasteiger partial charge in [0.25, 0.3) is 0 Å². The van der Waals surface area contributed by atoms with Crippen molar-refractivity contribution >= 4 is 17.8 Å². The molecule has 2 aromatic rings. The third-order valence-corrected chi connectivity index (χ3v) is 4.24. The summed E-state index contributed by atoms with van der Waals surface area (Å²) in [6.45, 7) is 3.95. The average Bonchev–Trinajstić information content (AvgIpc) is 3.03. The molecule has 0 aromatic heterocycles. The van der Waals surface area contributed by atoms with Gasteiger partial charge in [0, 0.05) is 29.2 Å². The van der Waals surface area contributed by atoms with Gasteiger partial charge in [-0.15, -0.1) is 0 Å². The molecular weight excluding hydrogens is 363 g/mol. The summed E-state index contributed by atoms with van der Waals surface area (Å²) >= 11 is 0. The van der Waals surface area contributed by atoms with Crippen LogP contribution in [0.15, 0.2) is 42.5 Å². The summed E-state index contributed by atoms with van der Waals surface area (Å²) in [7, 11) is 0. The average molecular weight is 384 g/mol. The monoisotopic (exact) mass is 384 g/mol. The van der Waals surface area contributed by atoms with E-state index in [1.807, 2.05) is 26.0 Å². The van der Waals surface area contributed by atoms with Gasteiger partial charge in [-0.1, -0.05) is 0 Å². The molecule has 1 aliphatic heterocycles. The number of halogens is 1. The van der Waals surface area contributed by atoms with Crippen LogP contribution in [0.1, 0.15) is 35.3 Å². The number of benzene rings is 2. The minimum Gasteiger partial charge on any atom is -0.493 e. The molecule has 0 saturated heterocycles. The van der Waals surface area contributed by atoms with Crippen molar-refractivity contribution in [3.8, 4) is 11.5 Å². The minimum atomic E-state index is -0.660. The highest BCUT2D eigenvalue weighted by Crippen LogP contribution is 2.35. The number of carbonyl (C=O) groups excluding carboxylic acids is 2. The maximum Gasteiger partial charge on any atom is 0.331 e. The molecule has 1 atom stereocenters. The summed E-state index contributed by atoms with van der Waals surface area (Å²) in [5, 5.41) is 0. The molecule has 0 unspecified atom stereocenters. The molecule has 0 fully saturated rings. The second-order valence-corrected chi connectivity index (χ2v) is 6.43. The smallest absolute Gasteiger partial charge is 0.331 e. The van der Waals surface area contributed by atoms with Crippen LogP contribution in [0.25, 0.3) is 6.08 Å². The van der Waals surface area contributed by atoms with Crippen molar-refractivity contribution in [2.75, 3.05) is 13.2 Å². The van der Waals surface area contributed by atoms with Gasteiger partial charge in [-0.3, -0.25) is 4.79 Å². The zero-order chi connectivity index (χ0) is 20.1. The van der Waals surface area contributed by atoms with Crippen LogP contribution in [-0.4, -0.2) is 31.1 Å². The van der Waals surface area contributed by atoms with Crippen LogP contribution >= 0.6 is 0 Å². The lowest BCUT2D eigenvalue weighted by Gasteiger charge is -2.10. The van der Waals surface area contributed by atoms with Gasteiger partial charge >= 0.3 is 5.97 Å². The van der Waals surface area contributed by atoms with Crippen LogP contribution in [0.3, 0.4) is 0 Å². The van der Waals surface area contributed by atoms with E-state index in [9.17, 15) is 14.0 Å². The van der Waals surface area contributed by atoms with Crippen LogP contribution in [0, 0.1) is 5.82 Å². The number of hydrogen-bond acceptors (Lipinski definition) is 5. The lowest BCUT2D eigenvalue weighted by molar-refractivity contribution is -0.136. The van der Waals surface area contributed by atoms with Crippen molar-refractivity contribution in [2.45, 2.75) is 26.4 Å². The Balaban J connectivity index is 1.64. The fourth-order valence-corrected chi connectivity index (χ4v) is 2.93. The standard InChI is InChI=1S/C22H21FO5/c1-3-26-20-12-17-10-14(2)28-21(17)11-16(20)6-9-22(25)27-13-19(24)15-4-7-18(23)8-5-15/h4-9,11-12,14H,3,10,13H2,1-2H3/b9-6+/t14-/m0/s1. The predicted molar refractivity (Wildman–Crippen MR) is 102 cm³/mol. The lowest BCUT2D eigenvalue weighted by atomic mass is 10.1. The van der Waals surface area contributed by atoms with Crippen molar-refractivity contribution in [1.29, 1.82) is 0 Å². The molecule has 0 N–H and O–H groups in total. The number of carbonyl (C=O) groups is 2. The molecule has 0 saturated carbocycles. The number of rotatable bonds is 7. The van der Waals surface area contributed by atoms with E-state index in [2.05, 4.69) is 0 Å². The van der Waals surface area contributed by atoms with Gasteiger partial charge in [-0.05, 0) is 56.3 Å². The van der Waals surface area contributed by atoms with E-state index in [0.29, 0.717) is 17.9 Å². The van der Waals surface area contributed by atoms with Gasteiger partial charge in [0.05, 0.1) is 6.61 Å². The number of hydrogen-bond donors (Lipinski definition) is 0. The number of fused-ring (bicyclic) bond motifs is 1. The highest BCUT2D eigenvalue weighted by atomic mass is 19.1. The van der Waals surface area contributed by atoms with Gasteiger partial charge in [0.15, 0.2) is 12.4 Å². The highest BCUT2D eigenvalue weighted by Gasteiger charge is 2.21. The molecule has 1 aliphatic rings. The molecule has 3 rings (SSSR count). The molecule has 28 heavy (non-hydrogen) atoms. The van der Waals surface area contributed by atoms with E-state index in [1.165, 1.54) is 30.3 Å². The van der Waals surface area contributed by atoms with Crippen LogP contribution in [-0.2, 0) is 16.0 Å². The normalized spacial score (nSPS) is 15.2. The molecule has 0 spiro atoms. The van der Waals surface area contributed by atoms with Gasteiger partial charge in [0.2, 0.25) is 0 Å². The van der Waals surface area contributed by atoms with Crippen molar-refractivity contribution in [3.05, 3.63) is 65.0 Å². The van der Waals surface area contributed by atoms with E-state index in [-0.39, 0.29) is 11.7 Å². The first-order valence-corrected chi connectivity index (χ1v) is 9.06. The third-order valence-electron chi connectivity index (χ3n) is 4.24. The maximum atomic E-state index is 12.9. The van der Waals surface area contributed by atoms with Gasteiger partial charge in [-0.2, -0.15) is 0 Å². The molecule has 0 aliphatic carbocycles. The Morgan fingerprint density at radius 2 is 2.00 bits per heavy atom. The Labute approximate surface area is 162 Å². The Morgan fingerprint density at radius 3 is 2.71 bits per heavy atom. The zero-order valence-corrected chi connectivity index (χ0v) is 15.7. The van der Waals surface area contributed by atoms with E-state index < -0.39 is 24.2 Å². The topological polar surface area (TPSA) is 61.8 Å². The lowest BCUT2D eigenvalue weighted by Crippen LogP contribution is -2.12. The number of esters is 1. The van der Waals surface area contributed by atoms with Gasteiger partial charge < -0.3 is 14.2 Å². The molecule has 0 bridgehead atoms. The number of ether oxygens (including phenoxy) is 3. The van der Waals surface area contributed by atoms with E-state index in [1.54, 1.807) is 6.08 Å². The van der Waals surface area contributed by atoms with Gasteiger partial charge in [0.1, 0.15) is 23.4 Å². The fourth-order valence-electron chi connectivity index (χ4n) is 2.93. The van der Waals surface area contributed by atoms with Crippen molar-refractivity contribution in [3.63, 3.8) is 0 Å². The van der Waals surface area contributed by atoms with E-state index in [4.69, 9.17) is 14.2 Å². The van der Waals surface area contributed by atoms with Crippen LogP contribution in [0.2, 0.25) is 0 Å². The largest absolute Gasteiger partial charge is 0.493 e. The highest BCUT2D eigenvalue weighted by molar-refractivity contribution is 5.98. The number of Topliss-reactive ketones (excluding diaryl/α,β-unsaturated/α-hetero) is 1. The molecule has 0 radical (unpaired) electrons. The third kappa shape index (κ3) is 4.76. The summed E-state index contributed by atoms with van der Waals surface area (Å²) in [5.41, 5.74) is 2.04. The Bertz CT molecular complexity index is 902. The van der Waals surface area contributed by atoms with Crippen LogP contribution < -0.4 is 9.47 Å². The Hall–Kier alpha value is -3.15. The summed E-state index contributed by atoms with van der Waals surface area (Å²) in [5.74, 6) is -0.0699. The molecule has 1 heterocycles. The second kappa shape index (κ2) is 8.69. The van der Waals surface area contributed by atoms with Crippen molar-refractivity contribution in [1.82, 2.24) is 0 Å². The first-order valence-electron chi connectivity index (χ1n) is 9.06. The van der Waals surface area contributed by atoms with E-state index in [0.717, 1.165) is 17.7 Å². The molecule has 146 valence electrons. The van der Waals surface area contributed by atoms with Gasteiger partial charge in [-0.25, -0.2) is 9.18 Å². The molecule has 5 nitrogen and oxygen atoms in total. The first-order chi connectivity index (χ1) is 13.5. The summed E-state index contributed by atoms with van der Waals surface area (Å²) in [4.78, 5) is 23.9. The molecular formula is C22H21FO5. The van der Waals surface area contributed by atoms with Crippen molar-refractivity contribution < 1.29 is 28.2 Å². The first kappa shape index (κ1) is 19.6. The SMILES string of the molecule is CCOc1cc2c(cc1/C=C/C(=O)OCC(=O)c1ccc(F)cc1)O[C@@H](C)C2. The molecule has 0 amide bonds. The quantitative estimate of drug-likeness (QED) is 0.410.